The molecule has 0 fully saturated rings. The molecule has 0 radical (unpaired) electrons. The van der Waals surface area contributed by atoms with Crippen molar-refractivity contribution in [3.63, 3.8) is 0 Å². The van der Waals surface area contributed by atoms with Crippen LogP contribution in [0.1, 0.15) is 21.5 Å². The number of aryl methyl sites for hydroxylation is 1. The zero-order valence-electron chi connectivity index (χ0n) is 22.1. The van der Waals surface area contributed by atoms with Crippen molar-refractivity contribution >= 4 is 80.7 Å². The largest absolute Gasteiger partial charge is 0.505 e. The quantitative estimate of drug-likeness (QED) is 0.137. The summed E-state index contributed by atoms with van der Waals surface area (Å²) in [5.41, 5.74) is 5.27. The molecule has 0 unspecified atom stereocenters. The van der Waals surface area contributed by atoms with Crippen LogP contribution in [-0.2, 0) is 11.3 Å². The van der Waals surface area contributed by atoms with Gasteiger partial charge < -0.3 is 14.3 Å². The summed E-state index contributed by atoms with van der Waals surface area (Å²) in [4.78, 5) is 35.3. The van der Waals surface area contributed by atoms with Crippen molar-refractivity contribution in [2.45, 2.75) is 13.5 Å². The van der Waals surface area contributed by atoms with Crippen LogP contribution in [0.25, 0.3) is 44.8 Å². The maximum atomic E-state index is 13.7. The summed E-state index contributed by atoms with van der Waals surface area (Å²) >= 11 is 13.6. The fourth-order valence-electron chi connectivity index (χ4n) is 4.77. The van der Waals surface area contributed by atoms with Crippen molar-refractivity contribution in [3.8, 4) is 39.6 Å². The normalized spacial score (nSPS) is 11.3. The number of ether oxygens (including phenoxy) is 1. The van der Waals surface area contributed by atoms with E-state index in [0.717, 1.165) is 16.8 Å². The van der Waals surface area contributed by atoms with E-state index < -0.39 is 5.97 Å². The number of rotatable bonds is 5. The Bertz CT molecular complexity index is 2110. The van der Waals surface area contributed by atoms with Crippen LogP contribution < -0.4 is 5.43 Å². The van der Waals surface area contributed by atoms with Crippen LogP contribution in [0.4, 0.5) is 0 Å². The monoisotopic (exact) mass is 826 g/mol. The molecule has 2 aromatic carbocycles. The number of hydrogen-bond acceptors (Lipinski definition) is 7. The molecule has 214 valence electrons. The van der Waals surface area contributed by atoms with Crippen LogP contribution in [0, 0.1) is 6.92 Å². The minimum Gasteiger partial charge on any atom is -0.505 e. The van der Waals surface area contributed by atoms with Crippen molar-refractivity contribution in [2.75, 3.05) is 0 Å². The van der Waals surface area contributed by atoms with Gasteiger partial charge in [-0.05, 0) is 130 Å². The fourth-order valence-corrected chi connectivity index (χ4v) is 7.17. The molecule has 0 spiro atoms. The minimum absolute atomic E-state index is 0.0156. The lowest BCUT2D eigenvalue weighted by molar-refractivity contribution is 0.0473. The van der Waals surface area contributed by atoms with Gasteiger partial charge >= 0.3 is 5.97 Å². The minimum atomic E-state index is -0.541. The van der Waals surface area contributed by atoms with Gasteiger partial charge in [0.15, 0.2) is 11.3 Å². The summed E-state index contributed by atoms with van der Waals surface area (Å²) in [6, 6.07) is 17.9. The average molecular weight is 830 g/mol. The molecule has 0 atom stereocenters. The summed E-state index contributed by atoms with van der Waals surface area (Å²) in [7, 11) is 0. The lowest BCUT2D eigenvalue weighted by Gasteiger charge is -2.19. The lowest BCUT2D eigenvalue weighted by Crippen LogP contribution is -2.09. The maximum absolute atomic E-state index is 13.7. The number of benzene rings is 3. The Morgan fingerprint density at radius 2 is 1.60 bits per heavy atom. The molecule has 0 saturated heterocycles. The van der Waals surface area contributed by atoms with Crippen LogP contribution in [0.3, 0.4) is 0 Å². The van der Waals surface area contributed by atoms with Gasteiger partial charge in [0, 0.05) is 28.9 Å². The molecule has 1 aliphatic carbocycles. The van der Waals surface area contributed by atoms with Gasteiger partial charge in [-0.25, -0.2) is 4.79 Å². The Balaban J connectivity index is 1.46. The number of fused-ring (bicyclic) bond motifs is 2. The maximum Gasteiger partial charge on any atom is 0.339 e. The molecule has 0 amide bonds. The molecule has 2 aromatic heterocycles. The summed E-state index contributed by atoms with van der Waals surface area (Å²) < 4.78 is 13.2. The first kappa shape index (κ1) is 29.7. The van der Waals surface area contributed by atoms with Gasteiger partial charge in [-0.2, -0.15) is 0 Å². The van der Waals surface area contributed by atoms with E-state index in [0.29, 0.717) is 52.3 Å². The molecule has 0 saturated carbocycles. The molecule has 0 bridgehead atoms. The van der Waals surface area contributed by atoms with Gasteiger partial charge in [-0.3, -0.25) is 14.8 Å². The molecule has 2 aliphatic rings. The molecule has 6 rings (SSSR count). The Labute approximate surface area is 278 Å². The first-order chi connectivity index (χ1) is 20.6. The highest BCUT2D eigenvalue weighted by Crippen LogP contribution is 2.49. The van der Waals surface area contributed by atoms with Crippen LogP contribution in [0.5, 0.6) is 5.75 Å². The lowest BCUT2D eigenvalue weighted by atomic mass is 9.91. The van der Waals surface area contributed by atoms with Gasteiger partial charge in [-0.1, -0.05) is 18.2 Å². The fraction of sp³-hybridized carbons (Fsp3) is 0.0625. The third-order valence-electron chi connectivity index (χ3n) is 6.81. The second-order valence-corrected chi connectivity index (χ2v) is 12.9. The van der Waals surface area contributed by atoms with Crippen LogP contribution in [0.15, 0.2) is 100 Å². The van der Waals surface area contributed by atoms with Gasteiger partial charge in [-0.15, -0.1) is 0 Å². The Kier molecular flexibility index (Phi) is 8.25. The summed E-state index contributed by atoms with van der Waals surface area (Å²) in [5, 5.41) is 11.2. The van der Waals surface area contributed by atoms with Gasteiger partial charge in [0.2, 0.25) is 5.43 Å². The molecule has 1 N–H and O–H groups in total. The van der Waals surface area contributed by atoms with Crippen molar-refractivity contribution in [1.82, 2.24) is 9.97 Å². The predicted octanol–water partition coefficient (Wildman–Crippen LogP) is 9.44. The average Bonchev–Trinajstić information content (AvgIpc) is 3.01. The number of phenols is 1. The van der Waals surface area contributed by atoms with E-state index in [1.165, 1.54) is 0 Å². The second kappa shape index (κ2) is 12.0. The highest BCUT2D eigenvalue weighted by Gasteiger charge is 2.27. The molecule has 1 aliphatic heterocycles. The molecule has 11 heteroatoms. The number of aromatic nitrogens is 2. The highest BCUT2D eigenvalue weighted by molar-refractivity contribution is 9.11. The van der Waals surface area contributed by atoms with Crippen LogP contribution >= 0.6 is 63.7 Å². The number of phenolic OH excluding ortho intramolecular Hbond substituents is 1. The smallest absolute Gasteiger partial charge is 0.339 e. The molecular formula is C32H18Br4N2O5. The molecular weight excluding hydrogens is 812 g/mol. The van der Waals surface area contributed by atoms with Gasteiger partial charge in [0.1, 0.15) is 21.3 Å². The highest BCUT2D eigenvalue weighted by atomic mass is 79.9. The van der Waals surface area contributed by atoms with E-state index in [1.54, 1.807) is 48.8 Å². The van der Waals surface area contributed by atoms with Crippen molar-refractivity contribution in [3.05, 3.63) is 118 Å². The number of esters is 1. The van der Waals surface area contributed by atoms with E-state index in [4.69, 9.17) is 9.15 Å². The van der Waals surface area contributed by atoms with E-state index in [9.17, 15) is 14.7 Å². The second-order valence-electron chi connectivity index (χ2n) is 9.64. The van der Waals surface area contributed by atoms with E-state index in [1.807, 2.05) is 31.2 Å². The summed E-state index contributed by atoms with van der Waals surface area (Å²) in [6.45, 7) is 2.00. The molecule has 7 nitrogen and oxygen atoms in total. The zero-order valence-corrected chi connectivity index (χ0v) is 28.5. The van der Waals surface area contributed by atoms with Gasteiger partial charge in [0.05, 0.1) is 25.9 Å². The van der Waals surface area contributed by atoms with Crippen molar-refractivity contribution in [2.24, 2.45) is 0 Å². The van der Waals surface area contributed by atoms with Crippen molar-refractivity contribution in [1.29, 1.82) is 0 Å². The number of nitrogens with zero attached hydrogens (tertiary/aromatic N) is 2. The SMILES string of the molecule is Cc1ccnc(-c2cc(COC(=O)c3ccccc3-c3c4cc(Br)c(=O)c(Br)c-4oc4c(Br)c(O)c(Br)cc34)ccn2)c1. The number of aromatic hydroxyl groups is 1. The first-order valence-electron chi connectivity index (χ1n) is 12.7. The summed E-state index contributed by atoms with van der Waals surface area (Å²) in [5.74, 6) is -0.349. The van der Waals surface area contributed by atoms with Crippen LogP contribution in [0.2, 0.25) is 0 Å². The molecule has 4 aromatic rings. The predicted molar refractivity (Wildman–Crippen MR) is 178 cm³/mol. The molecule has 43 heavy (non-hydrogen) atoms. The first-order valence-corrected chi connectivity index (χ1v) is 15.9. The Morgan fingerprint density at radius 3 is 2.37 bits per heavy atom. The van der Waals surface area contributed by atoms with Crippen molar-refractivity contribution < 1.29 is 19.1 Å². The zero-order chi connectivity index (χ0) is 30.4. The number of carbonyl (C=O) groups is 1. The Hall–Kier alpha value is -3.38. The topological polar surface area (TPSA) is 103 Å². The van der Waals surface area contributed by atoms with Crippen LogP contribution in [-0.4, -0.2) is 21.0 Å². The number of pyridine rings is 2. The summed E-state index contributed by atoms with van der Waals surface area (Å²) in [6.07, 6.45) is 3.39. The third-order valence-corrected chi connectivity index (χ3v) is 9.46. The third kappa shape index (κ3) is 5.55. The Morgan fingerprint density at radius 1 is 0.884 bits per heavy atom. The van der Waals surface area contributed by atoms with E-state index >= 15 is 0 Å². The molecule has 3 heterocycles. The van der Waals surface area contributed by atoms with Gasteiger partial charge in [0.25, 0.3) is 0 Å². The standard InChI is InChI=1S/C32H18Br4N2O5/c1-15-6-8-37-23(10-15)24-11-16(7-9-38-24)14-42-32(41)18-5-3-2-4-17(18)25-19-12-21(33)28(39)26(35)30(19)43-31-20(25)13-22(34)29(40)27(31)36/h2-13,39H,14H2,1H3. The number of hydrogen-bond donors (Lipinski definition) is 1. The van der Waals surface area contributed by atoms with E-state index in [-0.39, 0.29) is 28.0 Å². The van der Waals surface area contributed by atoms with E-state index in [2.05, 4.69) is 73.7 Å². The number of halogens is 4. The number of carbonyl (C=O) groups excluding carboxylic acids is 1.